The number of phenols is 1. The number of likely N-dealkylation sites (N-methyl/N-ethyl adjacent to an activating group) is 1. The van der Waals surface area contributed by atoms with Crippen LogP contribution in [0.25, 0.3) is 5.76 Å². The van der Waals surface area contributed by atoms with Crippen LogP contribution >= 0.6 is 11.6 Å². The second-order valence-electron chi connectivity index (χ2n) is 6.04. The lowest BCUT2D eigenvalue weighted by Gasteiger charge is -2.18. The van der Waals surface area contributed by atoms with Crippen LogP contribution in [-0.4, -0.2) is 40.1 Å². The summed E-state index contributed by atoms with van der Waals surface area (Å²) >= 11 is 5.73. The highest BCUT2D eigenvalue weighted by molar-refractivity contribution is 6.32. The van der Waals surface area contributed by atoms with Gasteiger partial charge in [0.05, 0.1) is 17.1 Å². The maximum atomic E-state index is 14.0. The van der Waals surface area contributed by atoms with Crippen LogP contribution in [0.2, 0.25) is 5.02 Å². The lowest BCUT2D eigenvalue weighted by molar-refractivity contribution is -0.385. The van der Waals surface area contributed by atoms with Gasteiger partial charge in [-0.3, -0.25) is 14.9 Å². The van der Waals surface area contributed by atoms with E-state index in [0.29, 0.717) is 5.75 Å². The topological polar surface area (TPSA) is 137 Å². The molecule has 156 valence electrons. The molecule has 0 aliphatic heterocycles. The fourth-order valence-electron chi connectivity index (χ4n) is 2.52. The van der Waals surface area contributed by atoms with Gasteiger partial charge in [0.2, 0.25) is 5.75 Å². The molecule has 11 heteroatoms. The number of hydrogen-bond donors (Lipinski definition) is 2. The number of nitro benzene ring substituents is 1. The number of halogens is 2. The molecular formula is C19H15ClFN3O6. The minimum absolute atomic E-state index is 0.102. The number of carbonyl (C=O) groups is 1. The van der Waals surface area contributed by atoms with Crippen molar-refractivity contribution in [2.75, 3.05) is 14.2 Å². The first kappa shape index (κ1) is 22.4. The molecule has 0 saturated carbocycles. The monoisotopic (exact) mass is 435 g/mol. The number of aliphatic hydroxyl groups excluding tert-OH is 1. The third kappa shape index (κ3) is 4.59. The number of nitro groups is 1. The average Bonchev–Trinajstić information content (AvgIpc) is 2.71. The predicted molar refractivity (Wildman–Crippen MR) is 104 cm³/mol. The molecule has 30 heavy (non-hydrogen) atoms. The maximum Gasteiger partial charge on any atom is 0.313 e. The second-order valence-corrected chi connectivity index (χ2v) is 6.44. The lowest BCUT2D eigenvalue weighted by Crippen LogP contribution is -2.28. The zero-order valence-electron chi connectivity index (χ0n) is 15.7. The fourth-order valence-corrected chi connectivity index (χ4v) is 2.74. The van der Waals surface area contributed by atoms with Crippen molar-refractivity contribution in [3.8, 4) is 17.6 Å². The van der Waals surface area contributed by atoms with E-state index in [1.807, 2.05) is 0 Å². The molecule has 0 radical (unpaired) electrons. The number of nitrogens with zero attached hydrogens (tertiary/aromatic N) is 3. The van der Waals surface area contributed by atoms with E-state index in [9.17, 15) is 34.8 Å². The molecule has 0 unspecified atom stereocenters. The molecule has 2 N–H and O–H groups in total. The molecule has 2 aromatic carbocycles. The molecule has 0 bridgehead atoms. The summed E-state index contributed by atoms with van der Waals surface area (Å²) in [5, 5.41) is 39.9. The van der Waals surface area contributed by atoms with Gasteiger partial charge in [0, 0.05) is 30.8 Å². The zero-order valence-corrected chi connectivity index (χ0v) is 16.5. The van der Waals surface area contributed by atoms with Crippen molar-refractivity contribution in [3.63, 3.8) is 0 Å². The summed E-state index contributed by atoms with van der Waals surface area (Å²) in [6, 6.07) is 7.19. The van der Waals surface area contributed by atoms with Crippen molar-refractivity contribution < 1.29 is 29.1 Å². The van der Waals surface area contributed by atoms with Gasteiger partial charge >= 0.3 is 5.69 Å². The standard InChI is InChI=1S/C19H15ClFN3O6/c1-23(9-11-5-12(30-2)3-4-15(11)21)19(27)13(8-22)17(25)10-6-14(20)18(26)16(7-10)24(28)29/h3-7,25-26H,9H2,1-2H3/b17-13-. The number of nitriles is 1. The Kier molecular flexibility index (Phi) is 6.81. The van der Waals surface area contributed by atoms with Crippen molar-refractivity contribution in [3.05, 3.63) is 68.0 Å². The number of aliphatic hydroxyl groups is 1. The smallest absolute Gasteiger partial charge is 0.313 e. The summed E-state index contributed by atoms with van der Waals surface area (Å²) in [6.07, 6.45) is 0. The molecule has 0 saturated heterocycles. The number of methoxy groups -OCH3 is 1. The van der Waals surface area contributed by atoms with E-state index >= 15 is 0 Å². The van der Waals surface area contributed by atoms with Crippen molar-refractivity contribution in [2.24, 2.45) is 0 Å². The highest BCUT2D eigenvalue weighted by Crippen LogP contribution is 2.37. The maximum absolute atomic E-state index is 14.0. The van der Waals surface area contributed by atoms with Crippen molar-refractivity contribution in [2.45, 2.75) is 6.54 Å². The number of ether oxygens (including phenoxy) is 1. The Balaban J connectivity index is 2.43. The first-order valence-electron chi connectivity index (χ1n) is 8.19. The third-order valence-electron chi connectivity index (χ3n) is 4.08. The molecule has 0 aliphatic carbocycles. The molecule has 0 aromatic heterocycles. The fraction of sp³-hybridized carbons (Fsp3) is 0.158. The van der Waals surface area contributed by atoms with Crippen LogP contribution in [0.5, 0.6) is 11.5 Å². The highest BCUT2D eigenvalue weighted by Gasteiger charge is 2.25. The van der Waals surface area contributed by atoms with Gasteiger partial charge in [0.25, 0.3) is 5.91 Å². The van der Waals surface area contributed by atoms with E-state index < -0.39 is 44.4 Å². The molecule has 0 heterocycles. The van der Waals surface area contributed by atoms with Crippen LogP contribution in [-0.2, 0) is 11.3 Å². The summed E-state index contributed by atoms with van der Waals surface area (Å²) in [4.78, 5) is 23.7. The van der Waals surface area contributed by atoms with E-state index in [2.05, 4.69) is 0 Å². The van der Waals surface area contributed by atoms with Gasteiger partial charge < -0.3 is 19.8 Å². The quantitative estimate of drug-likeness (QED) is 0.232. The number of amides is 1. The Hall–Kier alpha value is -3.84. The molecule has 0 fully saturated rings. The average molecular weight is 436 g/mol. The van der Waals surface area contributed by atoms with Gasteiger partial charge in [-0.05, 0) is 24.3 Å². The molecule has 2 rings (SSSR count). The van der Waals surface area contributed by atoms with Gasteiger partial charge in [0.1, 0.15) is 23.4 Å². The summed E-state index contributed by atoms with van der Waals surface area (Å²) in [6.45, 7) is -0.253. The summed E-state index contributed by atoms with van der Waals surface area (Å²) in [5.74, 6) is -2.93. The molecule has 1 amide bonds. The van der Waals surface area contributed by atoms with E-state index in [0.717, 1.165) is 23.1 Å². The molecule has 2 aromatic rings. The minimum Gasteiger partial charge on any atom is -0.506 e. The summed E-state index contributed by atoms with van der Waals surface area (Å²) in [5.41, 5.74) is -1.79. The number of benzene rings is 2. The highest BCUT2D eigenvalue weighted by atomic mass is 35.5. The van der Waals surface area contributed by atoms with Crippen molar-refractivity contribution in [1.82, 2.24) is 4.90 Å². The van der Waals surface area contributed by atoms with Gasteiger partial charge in [-0.2, -0.15) is 5.26 Å². The van der Waals surface area contributed by atoms with Crippen molar-refractivity contribution in [1.29, 1.82) is 5.26 Å². The van der Waals surface area contributed by atoms with E-state index in [1.165, 1.54) is 32.4 Å². The lowest BCUT2D eigenvalue weighted by atomic mass is 10.1. The van der Waals surface area contributed by atoms with Crippen LogP contribution in [0.4, 0.5) is 10.1 Å². The van der Waals surface area contributed by atoms with Gasteiger partial charge in [-0.15, -0.1) is 0 Å². The SMILES string of the molecule is COc1ccc(F)c(CN(C)C(=O)/C(C#N)=C(\O)c2cc(Cl)c(O)c([N+](=O)[O-])c2)c1. The summed E-state index contributed by atoms with van der Waals surface area (Å²) in [7, 11) is 2.67. The van der Waals surface area contributed by atoms with Crippen molar-refractivity contribution >= 4 is 29.0 Å². The Morgan fingerprint density at radius 2 is 2.07 bits per heavy atom. The minimum atomic E-state index is -0.968. The normalized spacial score (nSPS) is 11.3. The van der Waals surface area contributed by atoms with Crippen LogP contribution in [0.3, 0.4) is 0 Å². The van der Waals surface area contributed by atoms with Crippen LogP contribution in [0.1, 0.15) is 11.1 Å². The van der Waals surface area contributed by atoms with Gasteiger partial charge in [-0.1, -0.05) is 11.6 Å². The largest absolute Gasteiger partial charge is 0.506 e. The molecule has 0 atom stereocenters. The molecule has 0 aliphatic rings. The summed E-state index contributed by atoms with van der Waals surface area (Å²) < 4.78 is 19.0. The van der Waals surface area contributed by atoms with Gasteiger partial charge in [0.15, 0.2) is 5.57 Å². The van der Waals surface area contributed by atoms with E-state index in [4.69, 9.17) is 16.3 Å². The van der Waals surface area contributed by atoms with Crippen LogP contribution < -0.4 is 4.74 Å². The Bertz CT molecular complexity index is 1100. The Morgan fingerprint density at radius 1 is 1.40 bits per heavy atom. The number of aromatic hydroxyl groups is 1. The Morgan fingerprint density at radius 3 is 2.63 bits per heavy atom. The van der Waals surface area contributed by atoms with Crippen LogP contribution in [0, 0.1) is 27.3 Å². The molecule has 9 nitrogen and oxygen atoms in total. The number of phenolic OH excluding ortho intramolecular Hbond substituents is 1. The van der Waals surface area contributed by atoms with E-state index in [-0.39, 0.29) is 17.7 Å². The first-order chi connectivity index (χ1) is 14.1. The second kappa shape index (κ2) is 9.11. The Labute approximate surface area is 174 Å². The van der Waals surface area contributed by atoms with Gasteiger partial charge in [-0.25, -0.2) is 4.39 Å². The number of rotatable bonds is 6. The molecule has 0 spiro atoms. The predicted octanol–water partition coefficient (Wildman–Crippen LogP) is 3.55. The zero-order chi connectivity index (χ0) is 22.6. The number of hydrogen-bond acceptors (Lipinski definition) is 7. The van der Waals surface area contributed by atoms with Crippen LogP contribution in [0.15, 0.2) is 35.9 Å². The third-order valence-corrected chi connectivity index (χ3v) is 4.37. The molecular weight excluding hydrogens is 421 g/mol. The van der Waals surface area contributed by atoms with E-state index in [1.54, 1.807) is 0 Å². The number of carbonyl (C=O) groups excluding carboxylic acids is 1. The first-order valence-corrected chi connectivity index (χ1v) is 8.57.